The van der Waals surface area contributed by atoms with Gasteiger partial charge in [0.15, 0.2) is 0 Å². The molecule has 0 atom stereocenters. The Morgan fingerprint density at radius 3 is 2.78 bits per heavy atom. The Bertz CT molecular complexity index is 510. The quantitative estimate of drug-likeness (QED) is 0.761. The summed E-state index contributed by atoms with van der Waals surface area (Å²) in [5.74, 6) is 4.94. The molecule has 3 nitrogen and oxygen atoms in total. The highest BCUT2D eigenvalue weighted by Crippen LogP contribution is 2.17. The molecule has 2 N–H and O–H groups in total. The molecule has 94 valence electrons. The number of benzene rings is 1. The van der Waals surface area contributed by atoms with Gasteiger partial charge >= 0.3 is 0 Å². The molecule has 0 aliphatic carbocycles. The first-order valence-electron chi connectivity index (χ1n) is 6.00. The molecule has 2 rings (SSSR count). The Hall–Kier alpha value is -1.86. The molecule has 0 radical (unpaired) electrons. The monoisotopic (exact) mass is 246 g/mol. The number of carbonyl (C=O) groups excluding carboxylic acids is 1. The highest BCUT2D eigenvalue weighted by atomic mass is 19.1. The van der Waals surface area contributed by atoms with Crippen molar-refractivity contribution in [1.82, 2.24) is 4.90 Å². The lowest BCUT2D eigenvalue weighted by Gasteiger charge is -2.16. The zero-order chi connectivity index (χ0) is 13.0. The van der Waals surface area contributed by atoms with Crippen LogP contribution in [-0.2, 0) is 0 Å². The molecule has 1 amide bonds. The zero-order valence-electron chi connectivity index (χ0n) is 10.1. The van der Waals surface area contributed by atoms with Crippen molar-refractivity contribution in [1.29, 1.82) is 0 Å². The number of halogens is 1. The maximum absolute atomic E-state index is 13.3. The molecule has 1 saturated heterocycles. The van der Waals surface area contributed by atoms with E-state index in [9.17, 15) is 9.18 Å². The number of likely N-dealkylation sites (tertiary alicyclic amines) is 1. The largest absolute Gasteiger partial charge is 0.339 e. The van der Waals surface area contributed by atoms with Crippen molar-refractivity contribution >= 4 is 5.91 Å². The summed E-state index contributed by atoms with van der Waals surface area (Å²) >= 11 is 0. The van der Waals surface area contributed by atoms with Crippen LogP contribution in [0.5, 0.6) is 0 Å². The van der Waals surface area contributed by atoms with Crippen LogP contribution in [0.15, 0.2) is 18.2 Å². The minimum absolute atomic E-state index is 0.145. The van der Waals surface area contributed by atoms with Gasteiger partial charge in [-0.25, -0.2) is 4.39 Å². The van der Waals surface area contributed by atoms with Crippen molar-refractivity contribution in [3.8, 4) is 11.8 Å². The van der Waals surface area contributed by atoms with Crippen molar-refractivity contribution in [3.05, 3.63) is 35.1 Å². The molecule has 0 aromatic heterocycles. The second-order valence-corrected chi connectivity index (χ2v) is 4.20. The average molecular weight is 246 g/mol. The molecule has 0 bridgehead atoms. The lowest BCUT2D eigenvalue weighted by molar-refractivity contribution is 0.0792. The van der Waals surface area contributed by atoms with Gasteiger partial charge in [-0.2, -0.15) is 0 Å². The van der Waals surface area contributed by atoms with E-state index < -0.39 is 5.82 Å². The molecule has 1 aliphatic rings. The highest BCUT2D eigenvalue weighted by Gasteiger charge is 2.21. The summed E-state index contributed by atoms with van der Waals surface area (Å²) in [5, 5.41) is 0. The first-order chi connectivity index (χ1) is 8.72. The van der Waals surface area contributed by atoms with Crippen LogP contribution in [-0.4, -0.2) is 30.4 Å². The van der Waals surface area contributed by atoms with Crippen LogP contribution in [0.25, 0.3) is 0 Å². The van der Waals surface area contributed by atoms with Gasteiger partial charge in [-0.3, -0.25) is 4.79 Å². The predicted octanol–water partition coefficient (Wildman–Crippen LogP) is 1.37. The van der Waals surface area contributed by atoms with Crippen molar-refractivity contribution in [2.75, 3.05) is 19.6 Å². The van der Waals surface area contributed by atoms with E-state index in [0.717, 1.165) is 25.9 Å². The van der Waals surface area contributed by atoms with Crippen molar-refractivity contribution in [2.24, 2.45) is 5.73 Å². The zero-order valence-corrected chi connectivity index (χ0v) is 10.1. The Kier molecular flexibility index (Phi) is 3.96. The fraction of sp³-hybridized carbons (Fsp3) is 0.357. The summed E-state index contributed by atoms with van der Waals surface area (Å²) in [7, 11) is 0. The summed E-state index contributed by atoms with van der Waals surface area (Å²) < 4.78 is 13.3. The van der Waals surface area contributed by atoms with Crippen LogP contribution in [0.3, 0.4) is 0 Å². The van der Waals surface area contributed by atoms with E-state index in [0.29, 0.717) is 11.1 Å². The first-order valence-corrected chi connectivity index (χ1v) is 6.00. The molecule has 4 heteroatoms. The summed E-state index contributed by atoms with van der Waals surface area (Å²) in [4.78, 5) is 14.0. The Morgan fingerprint density at radius 1 is 1.39 bits per heavy atom. The van der Waals surface area contributed by atoms with Gasteiger partial charge in [0.2, 0.25) is 0 Å². The molecular weight excluding hydrogens is 231 g/mol. The van der Waals surface area contributed by atoms with Gasteiger partial charge in [-0.1, -0.05) is 11.8 Å². The number of hydrogen-bond donors (Lipinski definition) is 1. The van der Waals surface area contributed by atoms with Gasteiger partial charge in [0.1, 0.15) is 5.82 Å². The summed E-state index contributed by atoms with van der Waals surface area (Å²) in [6.45, 7) is 1.69. The second-order valence-electron chi connectivity index (χ2n) is 4.20. The number of carbonyl (C=O) groups is 1. The van der Waals surface area contributed by atoms with Gasteiger partial charge < -0.3 is 10.6 Å². The minimum Gasteiger partial charge on any atom is -0.339 e. The molecular formula is C14H15FN2O. The minimum atomic E-state index is -0.421. The second kappa shape index (κ2) is 5.65. The van der Waals surface area contributed by atoms with Crippen molar-refractivity contribution < 1.29 is 9.18 Å². The molecule has 0 unspecified atom stereocenters. The summed E-state index contributed by atoms with van der Waals surface area (Å²) in [6, 6.07) is 4.09. The number of nitrogens with two attached hydrogens (primary N) is 1. The predicted molar refractivity (Wildman–Crippen MR) is 67.5 cm³/mol. The van der Waals surface area contributed by atoms with E-state index in [2.05, 4.69) is 11.8 Å². The van der Waals surface area contributed by atoms with Crippen LogP contribution in [0, 0.1) is 17.7 Å². The lowest BCUT2D eigenvalue weighted by atomic mass is 10.1. The molecule has 1 aromatic rings. The smallest absolute Gasteiger partial charge is 0.255 e. The standard InChI is InChI=1S/C14H15FN2O/c15-12-6-5-11(4-3-7-16)13(10-12)14(18)17-8-1-2-9-17/h5-6,10H,1-2,7-9,16H2. The van der Waals surface area contributed by atoms with Gasteiger partial charge in [0.05, 0.1) is 12.1 Å². The fourth-order valence-electron chi connectivity index (χ4n) is 2.04. The van der Waals surface area contributed by atoms with Gasteiger partial charge in [-0.05, 0) is 31.0 Å². The van der Waals surface area contributed by atoms with Crippen LogP contribution in [0.2, 0.25) is 0 Å². The van der Waals surface area contributed by atoms with E-state index in [1.807, 2.05) is 0 Å². The van der Waals surface area contributed by atoms with E-state index in [-0.39, 0.29) is 12.5 Å². The van der Waals surface area contributed by atoms with Gasteiger partial charge in [0, 0.05) is 18.7 Å². The number of rotatable bonds is 1. The molecule has 1 aromatic carbocycles. The Labute approximate surface area is 106 Å². The molecule has 1 heterocycles. The fourth-order valence-corrected chi connectivity index (χ4v) is 2.04. The average Bonchev–Trinajstić information content (AvgIpc) is 2.90. The highest BCUT2D eigenvalue weighted by molar-refractivity contribution is 5.96. The van der Waals surface area contributed by atoms with Crippen molar-refractivity contribution in [2.45, 2.75) is 12.8 Å². The SMILES string of the molecule is NCC#Cc1ccc(F)cc1C(=O)N1CCCC1. The molecule has 1 aliphatic heterocycles. The molecule has 18 heavy (non-hydrogen) atoms. The van der Waals surface area contributed by atoms with Gasteiger partial charge in [0.25, 0.3) is 5.91 Å². The lowest BCUT2D eigenvalue weighted by Crippen LogP contribution is -2.28. The number of hydrogen-bond acceptors (Lipinski definition) is 2. The van der Waals surface area contributed by atoms with E-state index in [1.54, 1.807) is 4.90 Å². The van der Waals surface area contributed by atoms with E-state index in [1.165, 1.54) is 18.2 Å². The van der Waals surface area contributed by atoms with Crippen molar-refractivity contribution in [3.63, 3.8) is 0 Å². The maximum Gasteiger partial charge on any atom is 0.255 e. The first kappa shape index (κ1) is 12.6. The third-order valence-corrected chi connectivity index (χ3v) is 2.93. The number of nitrogens with zero attached hydrogens (tertiary/aromatic N) is 1. The van der Waals surface area contributed by atoms with E-state index >= 15 is 0 Å². The normalized spacial score (nSPS) is 14.2. The van der Waals surface area contributed by atoms with Crippen LogP contribution in [0.1, 0.15) is 28.8 Å². The topological polar surface area (TPSA) is 46.3 Å². The number of amides is 1. The molecule has 0 saturated carbocycles. The molecule has 0 spiro atoms. The third-order valence-electron chi connectivity index (χ3n) is 2.93. The molecule has 1 fully saturated rings. The Morgan fingerprint density at radius 2 is 2.11 bits per heavy atom. The van der Waals surface area contributed by atoms with E-state index in [4.69, 9.17) is 5.73 Å². The Balaban J connectivity index is 2.34. The summed E-state index contributed by atoms with van der Waals surface area (Å²) in [5.41, 5.74) is 6.18. The van der Waals surface area contributed by atoms with Gasteiger partial charge in [-0.15, -0.1) is 0 Å². The van der Waals surface area contributed by atoms with Crippen LogP contribution < -0.4 is 5.73 Å². The third kappa shape index (κ3) is 2.69. The van der Waals surface area contributed by atoms with Crippen LogP contribution in [0.4, 0.5) is 4.39 Å². The maximum atomic E-state index is 13.3. The van der Waals surface area contributed by atoms with Crippen LogP contribution >= 0.6 is 0 Å². The summed E-state index contributed by atoms with van der Waals surface area (Å²) in [6.07, 6.45) is 2.01.